The van der Waals surface area contributed by atoms with Gasteiger partial charge in [0, 0.05) is 32.6 Å². The van der Waals surface area contributed by atoms with Crippen molar-refractivity contribution < 1.29 is 22.3 Å². The summed E-state index contributed by atoms with van der Waals surface area (Å²) in [5, 5.41) is 10.8. The molecule has 1 amide bonds. The van der Waals surface area contributed by atoms with E-state index in [2.05, 4.69) is 21.0 Å². The fraction of sp³-hybridized carbons (Fsp3) is 0.371. The zero-order valence-corrected chi connectivity index (χ0v) is 30.4. The molecule has 0 aliphatic carbocycles. The molecule has 0 radical (unpaired) electrons. The number of sulfone groups is 1. The van der Waals surface area contributed by atoms with E-state index < -0.39 is 21.3 Å². The zero-order chi connectivity index (χ0) is 36.2. The molecule has 2 aromatic carbocycles. The Bertz CT molecular complexity index is 2340. The maximum atomic E-state index is 15.1. The van der Waals surface area contributed by atoms with E-state index in [0.717, 1.165) is 11.3 Å². The molecule has 16 heteroatoms. The zero-order valence-electron chi connectivity index (χ0n) is 28.7. The molecule has 51 heavy (non-hydrogen) atoms. The van der Waals surface area contributed by atoms with Gasteiger partial charge in [0.15, 0.2) is 10.7 Å². The molecule has 2 bridgehead atoms. The minimum Gasteiger partial charge on any atom is -0.444 e. The van der Waals surface area contributed by atoms with Crippen LogP contribution < -0.4 is 4.90 Å². The first-order chi connectivity index (χ1) is 24.2. The number of imidazole rings is 1. The van der Waals surface area contributed by atoms with Crippen molar-refractivity contribution in [3.8, 4) is 6.07 Å². The largest absolute Gasteiger partial charge is 0.444 e. The van der Waals surface area contributed by atoms with Crippen LogP contribution in [0.3, 0.4) is 0 Å². The SMILES string of the molecule is CN(C)C=Nc1sc2c(F)ccc(Cn3cnc4c(S(=O)(=O)Cc5ccccc5)nc(N5C[C@@H]6C[C@H]5CN6C(=O)OC(C)(C)C)nc43)c2c1C#N. The lowest BCUT2D eigenvalue weighted by Crippen LogP contribution is -2.50. The molecule has 13 nitrogen and oxygen atoms in total. The van der Waals surface area contributed by atoms with E-state index in [1.807, 2.05) is 31.7 Å². The molecule has 3 aromatic heterocycles. The predicted molar refractivity (Wildman–Crippen MR) is 193 cm³/mol. The second-order valence-electron chi connectivity index (χ2n) is 14.0. The van der Waals surface area contributed by atoms with E-state index in [1.54, 1.807) is 65.1 Å². The molecular weight excluding hydrogens is 694 g/mol. The van der Waals surface area contributed by atoms with Gasteiger partial charge in [-0.15, -0.1) is 11.3 Å². The topological polar surface area (TPSA) is 150 Å². The van der Waals surface area contributed by atoms with Gasteiger partial charge in [-0.25, -0.2) is 27.6 Å². The molecular formula is C35H36FN9O4S2. The van der Waals surface area contributed by atoms with Crippen molar-refractivity contribution in [1.82, 2.24) is 29.3 Å². The summed E-state index contributed by atoms with van der Waals surface area (Å²) in [4.78, 5) is 36.8. The van der Waals surface area contributed by atoms with E-state index >= 15 is 4.39 Å². The number of ether oxygens (including phenoxy) is 1. The van der Waals surface area contributed by atoms with E-state index in [1.165, 1.54) is 12.4 Å². The number of nitrogens with zero attached hydrogens (tertiary/aromatic N) is 9. The van der Waals surface area contributed by atoms with Crippen LogP contribution >= 0.6 is 11.3 Å². The van der Waals surface area contributed by atoms with E-state index in [-0.39, 0.29) is 58.2 Å². The standard InChI is InChI=1S/C35H36FN9O4S2/c1-35(2,3)49-34(46)45-17-23-13-24(45)16-44(23)33-40-30-28(32(41-33)51(47,48)18-21-9-7-6-8-10-21)38-20-43(30)15-22-11-12-26(36)29-27(22)25(14-37)31(50-29)39-19-42(4)5/h6-12,19-20,23-24H,13,15-18H2,1-5H3/t23-,24-/m0/s1. The van der Waals surface area contributed by atoms with Crippen molar-refractivity contribution in [2.45, 2.75) is 62.2 Å². The molecule has 2 aliphatic heterocycles. The summed E-state index contributed by atoms with van der Waals surface area (Å²) in [6, 6.07) is 13.7. The van der Waals surface area contributed by atoms with Gasteiger partial charge in [0.05, 0.1) is 47.3 Å². The van der Waals surface area contributed by atoms with E-state index in [0.29, 0.717) is 45.7 Å². The Morgan fingerprint density at radius 3 is 2.59 bits per heavy atom. The lowest BCUT2D eigenvalue weighted by molar-refractivity contribution is 0.0214. The van der Waals surface area contributed by atoms with E-state index in [4.69, 9.17) is 9.72 Å². The molecule has 0 N–H and O–H groups in total. The summed E-state index contributed by atoms with van der Waals surface area (Å²) < 4.78 is 50.9. The molecule has 5 heterocycles. The number of hydrogen-bond acceptors (Lipinski definition) is 11. The molecule has 2 atom stereocenters. The first-order valence-corrected chi connectivity index (χ1v) is 18.8. The quantitative estimate of drug-likeness (QED) is 0.114. The number of piperazine rings is 1. The smallest absolute Gasteiger partial charge is 0.410 e. The molecule has 5 aromatic rings. The number of rotatable bonds is 8. The molecule has 264 valence electrons. The lowest BCUT2D eigenvalue weighted by Gasteiger charge is -2.35. The molecule has 0 saturated carbocycles. The Kier molecular flexibility index (Phi) is 8.67. The fourth-order valence-corrected chi connectivity index (χ4v) is 9.06. The van der Waals surface area contributed by atoms with Gasteiger partial charge in [-0.3, -0.25) is 0 Å². The molecule has 0 spiro atoms. The molecule has 2 aliphatic rings. The summed E-state index contributed by atoms with van der Waals surface area (Å²) in [5.41, 5.74) is 1.20. The average molecular weight is 730 g/mol. The highest BCUT2D eigenvalue weighted by Gasteiger charge is 2.48. The number of thiophene rings is 1. The number of halogens is 1. The Morgan fingerprint density at radius 1 is 1.16 bits per heavy atom. The number of benzene rings is 2. The summed E-state index contributed by atoms with van der Waals surface area (Å²) in [6.45, 7) is 6.37. The van der Waals surface area contributed by atoms with Gasteiger partial charge in [0.2, 0.25) is 15.8 Å². The molecule has 7 rings (SSSR count). The van der Waals surface area contributed by atoms with Gasteiger partial charge in [-0.05, 0) is 44.4 Å². The first-order valence-electron chi connectivity index (χ1n) is 16.3. The monoisotopic (exact) mass is 729 g/mol. The van der Waals surface area contributed by atoms with Crippen molar-refractivity contribution in [2.24, 2.45) is 4.99 Å². The van der Waals surface area contributed by atoms with Gasteiger partial charge in [0.25, 0.3) is 0 Å². The van der Waals surface area contributed by atoms with Crippen LogP contribution in [0.25, 0.3) is 21.3 Å². The number of carbonyl (C=O) groups is 1. The number of amides is 1. The van der Waals surface area contributed by atoms with Gasteiger partial charge in [-0.2, -0.15) is 15.2 Å². The Morgan fingerprint density at radius 2 is 1.92 bits per heavy atom. The highest BCUT2D eigenvalue weighted by atomic mass is 32.2. The second kappa shape index (κ2) is 12.9. The lowest BCUT2D eigenvalue weighted by atomic mass is 10.1. The summed E-state index contributed by atoms with van der Waals surface area (Å²) in [5.74, 6) is -0.550. The number of nitriles is 1. The van der Waals surface area contributed by atoms with Crippen LogP contribution in [0.4, 0.5) is 20.1 Å². The van der Waals surface area contributed by atoms with Crippen LogP contribution in [0.5, 0.6) is 0 Å². The van der Waals surface area contributed by atoms with E-state index in [9.17, 15) is 18.5 Å². The van der Waals surface area contributed by atoms with Crippen molar-refractivity contribution in [3.05, 3.63) is 71.3 Å². The van der Waals surface area contributed by atoms with Crippen LogP contribution in [0.1, 0.15) is 43.9 Å². The minimum atomic E-state index is -4.02. The Hall–Kier alpha value is -5.14. The number of carbonyl (C=O) groups excluding carboxylic acids is 1. The van der Waals surface area contributed by atoms with Crippen LogP contribution in [-0.2, 0) is 26.9 Å². The minimum absolute atomic E-state index is 0.106. The van der Waals surface area contributed by atoms with Crippen molar-refractivity contribution >= 4 is 65.8 Å². The van der Waals surface area contributed by atoms with Crippen molar-refractivity contribution in [1.29, 1.82) is 5.26 Å². The van der Waals surface area contributed by atoms with Gasteiger partial charge >= 0.3 is 6.09 Å². The maximum absolute atomic E-state index is 15.1. The molecule has 2 saturated heterocycles. The third-order valence-electron chi connectivity index (χ3n) is 8.76. The highest BCUT2D eigenvalue weighted by molar-refractivity contribution is 7.90. The van der Waals surface area contributed by atoms with Gasteiger partial charge in [0.1, 0.15) is 28.0 Å². The number of anilines is 1. The average Bonchev–Trinajstić information content (AvgIpc) is 3.86. The maximum Gasteiger partial charge on any atom is 0.410 e. The number of aromatic nitrogens is 4. The fourth-order valence-electron chi connectivity index (χ4n) is 6.59. The predicted octanol–water partition coefficient (Wildman–Crippen LogP) is 5.49. The summed E-state index contributed by atoms with van der Waals surface area (Å²) >= 11 is 1.09. The van der Waals surface area contributed by atoms with Crippen molar-refractivity contribution in [3.63, 3.8) is 0 Å². The number of hydrogen-bond donors (Lipinski definition) is 0. The first kappa shape index (κ1) is 34.3. The summed E-state index contributed by atoms with van der Waals surface area (Å²) in [7, 11) is -0.420. The Labute approximate surface area is 298 Å². The highest BCUT2D eigenvalue weighted by Crippen LogP contribution is 2.41. The summed E-state index contributed by atoms with van der Waals surface area (Å²) in [6.07, 6.45) is 3.32. The number of fused-ring (bicyclic) bond motifs is 4. The second-order valence-corrected chi connectivity index (χ2v) is 16.9. The Balaban J connectivity index is 1.31. The van der Waals surface area contributed by atoms with Crippen LogP contribution in [0, 0.1) is 17.1 Å². The van der Waals surface area contributed by atoms with Crippen LogP contribution in [0.2, 0.25) is 0 Å². The molecule has 0 unspecified atom stereocenters. The normalized spacial score (nSPS) is 17.6. The van der Waals surface area contributed by atoms with Gasteiger partial charge in [-0.1, -0.05) is 36.4 Å². The molecule has 2 fully saturated rings. The van der Waals surface area contributed by atoms with Crippen LogP contribution in [-0.4, -0.2) is 95.0 Å². The number of likely N-dealkylation sites (tertiary alicyclic amines) is 1. The van der Waals surface area contributed by atoms with Crippen molar-refractivity contribution in [2.75, 3.05) is 32.1 Å². The third-order valence-corrected chi connectivity index (χ3v) is 11.4. The van der Waals surface area contributed by atoms with Gasteiger partial charge < -0.3 is 24.0 Å². The van der Waals surface area contributed by atoms with Crippen LogP contribution in [0.15, 0.2) is 58.8 Å². The number of aliphatic imine (C=N–C) groups is 1. The third kappa shape index (κ3) is 6.59.